The molecule has 100 valence electrons. The molecule has 0 aliphatic heterocycles. The van der Waals surface area contributed by atoms with E-state index in [1.165, 1.54) is 0 Å². The van der Waals surface area contributed by atoms with Crippen LogP contribution in [0.4, 0.5) is 11.6 Å². The zero-order valence-electron chi connectivity index (χ0n) is 11.0. The van der Waals surface area contributed by atoms with Gasteiger partial charge in [-0.3, -0.25) is 4.57 Å². The zero-order chi connectivity index (χ0) is 13.8. The number of para-hydroxylation sites is 2. The summed E-state index contributed by atoms with van der Waals surface area (Å²) in [7, 11) is 0. The highest BCUT2D eigenvalue weighted by molar-refractivity contribution is 7.98. The first-order valence-corrected chi connectivity index (χ1v) is 7.48. The lowest BCUT2D eigenvalue weighted by atomic mass is 10.3. The maximum absolute atomic E-state index is 4.24. The van der Waals surface area contributed by atoms with Crippen LogP contribution in [0.25, 0.3) is 5.69 Å². The minimum Gasteiger partial charge on any atom is -0.324 e. The molecule has 0 amide bonds. The van der Waals surface area contributed by atoms with Crippen molar-refractivity contribution < 1.29 is 0 Å². The Morgan fingerprint density at radius 1 is 0.900 bits per heavy atom. The van der Waals surface area contributed by atoms with Crippen LogP contribution in [-0.4, -0.2) is 21.0 Å². The number of nitrogens with one attached hydrogen (secondary N) is 1. The standard InChI is InChI=1S/C15H14N4S/c1-20-15-18-17-14(16-12-8-4-2-5-9-12)19(15)13-10-6-3-7-11-13/h2-11H,1H3,(H,16,17). The molecule has 1 heterocycles. The van der Waals surface area contributed by atoms with Crippen molar-refractivity contribution in [3.8, 4) is 5.69 Å². The van der Waals surface area contributed by atoms with Crippen molar-refractivity contribution in [3.63, 3.8) is 0 Å². The molecule has 0 bridgehead atoms. The molecule has 5 heteroatoms. The molecule has 0 saturated heterocycles. The van der Waals surface area contributed by atoms with Gasteiger partial charge in [0.2, 0.25) is 5.95 Å². The van der Waals surface area contributed by atoms with Crippen LogP contribution in [0.5, 0.6) is 0 Å². The number of hydrogen-bond donors (Lipinski definition) is 1. The molecular weight excluding hydrogens is 268 g/mol. The van der Waals surface area contributed by atoms with E-state index < -0.39 is 0 Å². The predicted molar refractivity (Wildman–Crippen MR) is 82.9 cm³/mol. The minimum absolute atomic E-state index is 0.715. The molecule has 0 aliphatic rings. The van der Waals surface area contributed by atoms with Crippen molar-refractivity contribution in [2.45, 2.75) is 5.16 Å². The van der Waals surface area contributed by atoms with Gasteiger partial charge in [0.25, 0.3) is 0 Å². The van der Waals surface area contributed by atoms with Gasteiger partial charge in [0.15, 0.2) is 5.16 Å². The molecule has 0 spiro atoms. The van der Waals surface area contributed by atoms with Crippen LogP contribution >= 0.6 is 11.8 Å². The molecular formula is C15H14N4S. The molecule has 0 aliphatic carbocycles. The van der Waals surface area contributed by atoms with Gasteiger partial charge in [-0.05, 0) is 30.5 Å². The van der Waals surface area contributed by atoms with Crippen molar-refractivity contribution >= 4 is 23.4 Å². The molecule has 1 aromatic heterocycles. The Hall–Kier alpha value is -2.27. The topological polar surface area (TPSA) is 42.7 Å². The summed E-state index contributed by atoms with van der Waals surface area (Å²) in [4.78, 5) is 0. The van der Waals surface area contributed by atoms with Crippen LogP contribution in [0.2, 0.25) is 0 Å². The average Bonchev–Trinajstić information content (AvgIpc) is 2.92. The summed E-state index contributed by atoms with van der Waals surface area (Å²) in [5, 5.41) is 12.6. The van der Waals surface area contributed by atoms with Crippen LogP contribution in [0.1, 0.15) is 0 Å². The van der Waals surface area contributed by atoms with Crippen molar-refractivity contribution in [1.29, 1.82) is 0 Å². The van der Waals surface area contributed by atoms with Gasteiger partial charge in [-0.2, -0.15) is 0 Å². The fraction of sp³-hybridized carbons (Fsp3) is 0.0667. The lowest BCUT2D eigenvalue weighted by molar-refractivity contribution is 0.889. The number of benzene rings is 2. The molecule has 4 nitrogen and oxygen atoms in total. The van der Waals surface area contributed by atoms with Crippen molar-refractivity contribution in [2.24, 2.45) is 0 Å². The van der Waals surface area contributed by atoms with E-state index in [1.54, 1.807) is 11.8 Å². The number of thioether (sulfide) groups is 1. The van der Waals surface area contributed by atoms with E-state index in [0.29, 0.717) is 5.95 Å². The van der Waals surface area contributed by atoms with Crippen molar-refractivity contribution in [1.82, 2.24) is 14.8 Å². The number of aromatic nitrogens is 3. The first-order valence-electron chi connectivity index (χ1n) is 6.25. The quantitative estimate of drug-likeness (QED) is 0.740. The summed E-state index contributed by atoms with van der Waals surface area (Å²) < 4.78 is 2.01. The summed E-state index contributed by atoms with van der Waals surface area (Å²) >= 11 is 1.57. The Labute approximate surface area is 121 Å². The molecule has 0 atom stereocenters. The van der Waals surface area contributed by atoms with E-state index in [1.807, 2.05) is 71.5 Å². The van der Waals surface area contributed by atoms with Crippen LogP contribution in [-0.2, 0) is 0 Å². The Balaban J connectivity index is 2.02. The first kappa shape index (κ1) is 12.7. The Morgan fingerprint density at radius 3 is 2.20 bits per heavy atom. The van der Waals surface area contributed by atoms with E-state index in [2.05, 4.69) is 15.5 Å². The third-order valence-corrected chi connectivity index (χ3v) is 3.49. The van der Waals surface area contributed by atoms with E-state index >= 15 is 0 Å². The third kappa shape index (κ3) is 2.53. The van der Waals surface area contributed by atoms with Gasteiger partial charge in [0, 0.05) is 5.69 Å². The van der Waals surface area contributed by atoms with Crippen LogP contribution in [0, 0.1) is 0 Å². The molecule has 0 radical (unpaired) electrons. The smallest absolute Gasteiger partial charge is 0.234 e. The van der Waals surface area contributed by atoms with Crippen LogP contribution < -0.4 is 5.32 Å². The largest absolute Gasteiger partial charge is 0.324 e. The third-order valence-electron chi connectivity index (χ3n) is 2.86. The fourth-order valence-corrected chi connectivity index (χ4v) is 2.44. The predicted octanol–water partition coefficient (Wildman–Crippen LogP) is 3.73. The minimum atomic E-state index is 0.715. The summed E-state index contributed by atoms with van der Waals surface area (Å²) in [6.45, 7) is 0. The highest BCUT2D eigenvalue weighted by atomic mass is 32.2. The van der Waals surface area contributed by atoms with Gasteiger partial charge in [-0.1, -0.05) is 48.2 Å². The lowest BCUT2D eigenvalue weighted by Crippen LogP contribution is -2.02. The summed E-state index contributed by atoms with van der Waals surface area (Å²) in [5.74, 6) is 0.715. The Morgan fingerprint density at radius 2 is 1.55 bits per heavy atom. The molecule has 3 rings (SSSR count). The van der Waals surface area contributed by atoms with Crippen molar-refractivity contribution in [3.05, 3.63) is 60.7 Å². The SMILES string of the molecule is CSc1nnc(Nc2ccccc2)n1-c1ccccc1. The lowest BCUT2D eigenvalue weighted by Gasteiger charge is -2.10. The monoisotopic (exact) mass is 282 g/mol. The number of hydrogen-bond acceptors (Lipinski definition) is 4. The maximum atomic E-state index is 4.24. The van der Waals surface area contributed by atoms with Gasteiger partial charge in [-0.25, -0.2) is 0 Å². The van der Waals surface area contributed by atoms with Crippen LogP contribution in [0.3, 0.4) is 0 Å². The van der Waals surface area contributed by atoms with Gasteiger partial charge < -0.3 is 5.32 Å². The molecule has 3 aromatic rings. The summed E-state index contributed by atoms with van der Waals surface area (Å²) in [6.07, 6.45) is 2.00. The molecule has 0 fully saturated rings. The molecule has 2 aromatic carbocycles. The molecule has 0 saturated carbocycles. The Kier molecular flexibility index (Phi) is 3.69. The average molecular weight is 282 g/mol. The first-order chi connectivity index (χ1) is 9.88. The highest BCUT2D eigenvalue weighted by Crippen LogP contribution is 2.24. The van der Waals surface area contributed by atoms with E-state index in [-0.39, 0.29) is 0 Å². The number of nitrogens with zero attached hydrogens (tertiary/aromatic N) is 3. The van der Waals surface area contributed by atoms with Gasteiger partial charge in [-0.15, -0.1) is 10.2 Å². The molecule has 20 heavy (non-hydrogen) atoms. The Bertz CT molecular complexity index is 680. The van der Waals surface area contributed by atoms with Gasteiger partial charge in [0.1, 0.15) is 0 Å². The molecule has 0 unspecified atom stereocenters. The fourth-order valence-electron chi connectivity index (χ4n) is 1.94. The van der Waals surface area contributed by atoms with E-state index in [9.17, 15) is 0 Å². The van der Waals surface area contributed by atoms with E-state index in [4.69, 9.17) is 0 Å². The highest BCUT2D eigenvalue weighted by Gasteiger charge is 2.12. The second kappa shape index (κ2) is 5.79. The number of anilines is 2. The second-order valence-corrected chi connectivity index (χ2v) is 4.95. The summed E-state index contributed by atoms with van der Waals surface area (Å²) in [5.41, 5.74) is 2.03. The summed E-state index contributed by atoms with van der Waals surface area (Å²) in [6, 6.07) is 20.1. The van der Waals surface area contributed by atoms with Gasteiger partial charge in [0.05, 0.1) is 5.69 Å². The second-order valence-electron chi connectivity index (χ2n) is 4.17. The number of rotatable bonds is 4. The van der Waals surface area contributed by atoms with E-state index in [0.717, 1.165) is 16.5 Å². The zero-order valence-corrected chi connectivity index (χ0v) is 11.8. The van der Waals surface area contributed by atoms with Gasteiger partial charge >= 0.3 is 0 Å². The van der Waals surface area contributed by atoms with Crippen molar-refractivity contribution in [2.75, 3.05) is 11.6 Å². The van der Waals surface area contributed by atoms with Crippen LogP contribution in [0.15, 0.2) is 65.8 Å². The maximum Gasteiger partial charge on any atom is 0.234 e. The molecule has 1 N–H and O–H groups in total. The normalized spacial score (nSPS) is 10.4.